The molecule has 122 valence electrons. The summed E-state index contributed by atoms with van der Waals surface area (Å²) in [5, 5.41) is 14.4. The molecule has 0 spiro atoms. The topological polar surface area (TPSA) is 92.2 Å². The smallest absolute Gasteiger partial charge is 0.309 e. The summed E-state index contributed by atoms with van der Waals surface area (Å²) in [6.07, 6.45) is 4.00. The molecule has 0 saturated carbocycles. The summed E-state index contributed by atoms with van der Waals surface area (Å²) < 4.78 is 0. The lowest BCUT2D eigenvalue weighted by molar-refractivity contribution is -0.147. The van der Waals surface area contributed by atoms with Gasteiger partial charge in [0.2, 0.25) is 5.91 Å². The van der Waals surface area contributed by atoms with Crippen LogP contribution in [0.15, 0.2) is 29.9 Å². The molecule has 2 aromatic rings. The van der Waals surface area contributed by atoms with Crippen molar-refractivity contribution in [3.05, 3.63) is 35.6 Å². The van der Waals surface area contributed by atoms with Gasteiger partial charge in [0.15, 0.2) is 0 Å². The van der Waals surface area contributed by atoms with Gasteiger partial charge in [0, 0.05) is 29.9 Å². The van der Waals surface area contributed by atoms with Gasteiger partial charge in [0.1, 0.15) is 5.01 Å². The van der Waals surface area contributed by atoms with E-state index in [1.807, 2.05) is 17.5 Å². The zero-order valence-electron chi connectivity index (χ0n) is 13.1. The zero-order valence-corrected chi connectivity index (χ0v) is 13.9. The van der Waals surface area contributed by atoms with Crippen LogP contribution in [0.2, 0.25) is 0 Å². The first-order chi connectivity index (χ1) is 10.9. The summed E-state index contributed by atoms with van der Waals surface area (Å²) in [7, 11) is 0. The number of hydrogen-bond acceptors (Lipinski definition) is 5. The van der Waals surface area contributed by atoms with Crippen LogP contribution in [-0.2, 0) is 16.0 Å². The van der Waals surface area contributed by atoms with Gasteiger partial charge in [-0.3, -0.25) is 14.6 Å². The van der Waals surface area contributed by atoms with Gasteiger partial charge in [-0.05, 0) is 32.4 Å². The zero-order chi connectivity index (χ0) is 16.9. The average Bonchev–Trinajstić information content (AvgIpc) is 2.96. The van der Waals surface area contributed by atoms with Crippen molar-refractivity contribution in [3.63, 3.8) is 0 Å². The van der Waals surface area contributed by atoms with Crippen molar-refractivity contribution in [2.75, 3.05) is 6.54 Å². The number of thiazole rings is 1. The molecule has 0 fully saturated rings. The molecular formula is C16H19N3O3S. The van der Waals surface area contributed by atoms with E-state index in [0.717, 1.165) is 10.6 Å². The van der Waals surface area contributed by atoms with Gasteiger partial charge in [0.25, 0.3) is 0 Å². The highest BCUT2D eigenvalue weighted by Gasteiger charge is 2.26. The summed E-state index contributed by atoms with van der Waals surface area (Å²) in [4.78, 5) is 31.4. The number of carboxylic acids is 1. The summed E-state index contributed by atoms with van der Waals surface area (Å²) in [6.45, 7) is 3.61. The fourth-order valence-corrected chi connectivity index (χ4v) is 2.67. The third-order valence-corrected chi connectivity index (χ3v) is 4.39. The molecule has 0 atom stereocenters. The van der Waals surface area contributed by atoms with Crippen molar-refractivity contribution in [1.82, 2.24) is 15.3 Å². The van der Waals surface area contributed by atoms with E-state index in [0.29, 0.717) is 18.7 Å². The molecule has 7 heteroatoms. The van der Waals surface area contributed by atoms with Crippen LogP contribution < -0.4 is 5.32 Å². The highest BCUT2D eigenvalue weighted by molar-refractivity contribution is 7.13. The van der Waals surface area contributed by atoms with Gasteiger partial charge in [-0.2, -0.15) is 0 Å². The van der Waals surface area contributed by atoms with Crippen LogP contribution in [0.5, 0.6) is 0 Å². The fraction of sp³-hybridized carbons (Fsp3) is 0.375. The molecule has 0 saturated heterocycles. The maximum Gasteiger partial charge on any atom is 0.309 e. The molecule has 0 radical (unpaired) electrons. The first-order valence-corrected chi connectivity index (χ1v) is 8.11. The van der Waals surface area contributed by atoms with E-state index in [9.17, 15) is 9.59 Å². The Hall–Kier alpha value is -2.28. The molecule has 0 aliphatic carbocycles. The average molecular weight is 333 g/mol. The van der Waals surface area contributed by atoms with Gasteiger partial charge in [-0.15, -0.1) is 11.3 Å². The van der Waals surface area contributed by atoms with Crippen LogP contribution in [-0.4, -0.2) is 33.5 Å². The van der Waals surface area contributed by atoms with Crippen molar-refractivity contribution in [1.29, 1.82) is 0 Å². The predicted molar refractivity (Wildman–Crippen MR) is 88.1 cm³/mol. The number of aromatic nitrogens is 2. The SMILES string of the molecule is CC(C)(CCNC(=O)Cc1csc(-c2cccnc2)n1)C(=O)O. The maximum atomic E-state index is 11.9. The van der Waals surface area contributed by atoms with E-state index in [2.05, 4.69) is 15.3 Å². The molecule has 23 heavy (non-hydrogen) atoms. The molecule has 2 rings (SSSR count). The predicted octanol–water partition coefficient (Wildman–Crippen LogP) is 2.36. The second kappa shape index (κ2) is 7.32. The van der Waals surface area contributed by atoms with Gasteiger partial charge in [-0.1, -0.05) is 0 Å². The summed E-state index contributed by atoms with van der Waals surface area (Å²) in [5.41, 5.74) is 0.776. The standard InChI is InChI=1S/C16H19N3O3S/c1-16(2,15(21)22)5-7-18-13(20)8-12-10-23-14(19-12)11-4-3-6-17-9-11/h3-4,6,9-10H,5,7-8H2,1-2H3,(H,18,20)(H,21,22). The Kier molecular flexibility index (Phi) is 5.44. The van der Waals surface area contributed by atoms with Crippen LogP contribution in [0.4, 0.5) is 0 Å². The molecule has 0 bridgehead atoms. The summed E-state index contributed by atoms with van der Waals surface area (Å²) in [6, 6.07) is 3.76. The molecule has 2 N–H and O–H groups in total. The van der Waals surface area contributed by atoms with Gasteiger partial charge >= 0.3 is 5.97 Å². The van der Waals surface area contributed by atoms with Crippen molar-refractivity contribution >= 4 is 23.2 Å². The van der Waals surface area contributed by atoms with Crippen molar-refractivity contribution < 1.29 is 14.7 Å². The second-order valence-electron chi connectivity index (χ2n) is 5.85. The molecule has 0 aliphatic rings. The molecule has 2 heterocycles. The molecule has 0 unspecified atom stereocenters. The Labute approximate surface area is 138 Å². The van der Waals surface area contributed by atoms with Gasteiger partial charge in [0.05, 0.1) is 17.5 Å². The Bertz CT molecular complexity index is 683. The third-order valence-electron chi connectivity index (χ3n) is 3.45. The van der Waals surface area contributed by atoms with Crippen LogP contribution in [0, 0.1) is 5.41 Å². The summed E-state index contributed by atoms with van der Waals surface area (Å²) >= 11 is 1.47. The van der Waals surface area contributed by atoms with Crippen LogP contribution in [0.25, 0.3) is 10.6 Å². The van der Waals surface area contributed by atoms with Gasteiger partial charge < -0.3 is 10.4 Å². The van der Waals surface area contributed by atoms with Crippen LogP contribution in [0.1, 0.15) is 26.0 Å². The lowest BCUT2D eigenvalue weighted by Crippen LogP contribution is -2.32. The number of nitrogens with one attached hydrogen (secondary N) is 1. The lowest BCUT2D eigenvalue weighted by Gasteiger charge is -2.18. The number of aliphatic carboxylic acids is 1. The minimum atomic E-state index is -0.868. The minimum absolute atomic E-state index is 0.158. The highest BCUT2D eigenvalue weighted by atomic mass is 32.1. The van der Waals surface area contributed by atoms with Gasteiger partial charge in [-0.25, -0.2) is 4.98 Å². The van der Waals surface area contributed by atoms with E-state index in [-0.39, 0.29) is 12.3 Å². The van der Waals surface area contributed by atoms with Crippen molar-refractivity contribution in [3.8, 4) is 10.6 Å². The first kappa shape index (κ1) is 17.1. The van der Waals surface area contributed by atoms with Crippen molar-refractivity contribution in [2.45, 2.75) is 26.7 Å². The Morgan fingerprint density at radius 2 is 2.17 bits per heavy atom. The Morgan fingerprint density at radius 3 is 2.83 bits per heavy atom. The highest BCUT2D eigenvalue weighted by Crippen LogP contribution is 2.23. The first-order valence-electron chi connectivity index (χ1n) is 7.23. The number of rotatable bonds is 7. The Balaban J connectivity index is 1.85. The number of nitrogens with zero attached hydrogens (tertiary/aromatic N) is 2. The largest absolute Gasteiger partial charge is 0.481 e. The van der Waals surface area contributed by atoms with E-state index in [4.69, 9.17) is 5.11 Å². The summed E-state index contributed by atoms with van der Waals surface area (Å²) in [5.74, 6) is -1.03. The number of carbonyl (C=O) groups excluding carboxylic acids is 1. The van der Waals surface area contributed by atoms with Crippen LogP contribution in [0.3, 0.4) is 0 Å². The monoisotopic (exact) mass is 333 g/mol. The molecule has 2 aromatic heterocycles. The number of amides is 1. The van der Waals surface area contributed by atoms with E-state index in [1.54, 1.807) is 26.2 Å². The molecule has 6 nitrogen and oxygen atoms in total. The Morgan fingerprint density at radius 1 is 1.39 bits per heavy atom. The van der Waals surface area contributed by atoms with Crippen LogP contribution >= 0.6 is 11.3 Å². The number of carboxylic acid groups (broad SMARTS) is 1. The molecule has 1 amide bonds. The maximum absolute atomic E-state index is 11.9. The quantitative estimate of drug-likeness (QED) is 0.811. The second-order valence-corrected chi connectivity index (χ2v) is 6.71. The number of pyridine rings is 1. The molecule has 0 aromatic carbocycles. The minimum Gasteiger partial charge on any atom is -0.481 e. The number of hydrogen-bond donors (Lipinski definition) is 2. The normalized spacial score (nSPS) is 11.2. The fourth-order valence-electron chi connectivity index (χ4n) is 1.86. The molecular weight excluding hydrogens is 314 g/mol. The number of carbonyl (C=O) groups is 2. The molecule has 0 aliphatic heterocycles. The van der Waals surface area contributed by atoms with E-state index >= 15 is 0 Å². The van der Waals surface area contributed by atoms with E-state index in [1.165, 1.54) is 11.3 Å². The van der Waals surface area contributed by atoms with Crippen molar-refractivity contribution in [2.24, 2.45) is 5.41 Å². The third kappa shape index (κ3) is 4.85. The van der Waals surface area contributed by atoms with E-state index < -0.39 is 11.4 Å². The lowest BCUT2D eigenvalue weighted by atomic mass is 9.90.